The Morgan fingerprint density at radius 2 is 1.91 bits per heavy atom. The zero-order valence-electron chi connectivity index (χ0n) is 18.6. The van der Waals surface area contributed by atoms with Crippen LogP contribution in [0.15, 0.2) is 42.9 Å². The lowest BCUT2D eigenvalue weighted by Crippen LogP contribution is -2.73. The Morgan fingerprint density at radius 1 is 1.12 bits per heavy atom. The van der Waals surface area contributed by atoms with Gasteiger partial charge >= 0.3 is 0 Å². The van der Waals surface area contributed by atoms with Gasteiger partial charge in [0.1, 0.15) is 12.2 Å². The largest absolute Gasteiger partial charge is 0.394 e. The average Bonchev–Trinajstić information content (AvgIpc) is 2.85. The average molecular weight is 445 g/mol. The van der Waals surface area contributed by atoms with E-state index in [1.165, 1.54) is 55.6 Å². The number of aliphatic hydroxyl groups excluding tert-OH is 1. The van der Waals surface area contributed by atoms with E-state index >= 15 is 0 Å². The monoisotopic (exact) mass is 444 g/mol. The standard InChI is InChI=1S/C26H28N4O3/c31-17-23-25(20-10-8-19(9-11-20)7-6-18-4-2-1-3-5-18)22-15-29(16-24(32)30(22)23)26(33)21-14-27-12-13-28-21/h8-14,18,22-23,25,31H,1-5,15-17H2/t22-,23+,25+/m1/s1. The molecule has 0 bridgehead atoms. The van der Waals surface area contributed by atoms with Crippen LogP contribution in [0.5, 0.6) is 0 Å². The molecule has 2 saturated heterocycles. The van der Waals surface area contributed by atoms with Crippen LogP contribution in [0.25, 0.3) is 0 Å². The molecule has 170 valence electrons. The molecule has 0 unspecified atom stereocenters. The predicted molar refractivity (Wildman–Crippen MR) is 122 cm³/mol. The van der Waals surface area contributed by atoms with E-state index in [2.05, 4.69) is 21.8 Å². The van der Waals surface area contributed by atoms with E-state index in [1.54, 1.807) is 4.90 Å². The first-order chi connectivity index (χ1) is 16.2. The molecule has 2 aromatic rings. The highest BCUT2D eigenvalue weighted by atomic mass is 16.3. The highest BCUT2D eigenvalue weighted by Gasteiger charge is 2.54. The third kappa shape index (κ3) is 4.23. The van der Waals surface area contributed by atoms with Crippen molar-refractivity contribution in [3.05, 3.63) is 59.7 Å². The van der Waals surface area contributed by atoms with Crippen molar-refractivity contribution < 1.29 is 14.7 Å². The number of rotatable bonds is 3. The van der Waals surface area contributed by atoms with Gasteiger partial charge in [-0.2, -0.15) is 0 Å². The minimum Gasteiger partial charge on any atom is -0.394 e. The maximum atomic E-state index is 12.9. The second kappa shape index (κ2) is 9.32. The number of amides is 2. The highest BCUT2D eigenvalue weighted by molar-refractivity contribution is 5.96. The molecule has 1 N–H and O–H groups in total. The molecule has 1 aromatic heterocycles. The molecule has 2 amide bonds. The van der Waals surface area contributed by atoms with E-state index in [0.29, 0.717) is 12.5 Å². The van der Waals surface area contributed by atoms with Crippen molar-refractivity contribution in [2.75, 3.05) is 19.7 Å². The molecule has 7 nitrogen and oxygen atoms in total. The number of fused-ring (bicyclic) bond motifs is 1. The third-order valence-electron chi connectivity index (χ3n) is 7.14. The van der Waals surface area contributed by atoms with Crippen molar-refractivity contribution in [1.82, 2.24) is 19.8 Å². The molecule has 5 rings (SSSR count). The fourth-order valence-electron chi connectivity index (χ4n) is 5.45. The quantitative estimate of drug-likeness (QED) is 0.734. The van der Waals surface area contributed by atoms with Crippen LogP contribution >= 0.6 is 0 Å². The van der Waals surface area contributed by atoms with Gasteiger partial charge in [0, 0.05) is 36.3 Å². The van der Waals surface area contributed by atoms with Crippen LogP contribution in [-0.4, -0.2) is 68.5 Å². The Balaban J connectivity index is 1.32. The molecule has 3 atom stereocenters. The zero-order chi connectivity index (χ0) is 22.8. The van der Waals surface area contributed by atoms with Gasteiger partial charge in [0.05, 0.1) is 24.9 Å². The molecule has 1 saturated carbocycles. The van der Waals surface area contributed by atoms with Crippen LogP contribution in [0, 0.1) is 17.8 Å². The smallest absolute Gasteiger partial charge is 0.274 e. The van der Waals surface area contributed by atoms with Crippen LogP contribution in [0.4, 0.5) is 0 Å². The molecule has 3 heterocycles. The Labute approximate surface area is 193 Å². The minimum atomic E-state index is -0.296. The molecule has 1 aliphatic carbocycles. The summed E-state index contributed by atoms with van der Waals surface area (Å²) in [5, 5.41) is 10.00. The van der Waals surface area contributed by atoms with Gasteiger partial charge in [0.25, 0.3) is 5.91 Å². The van der Waals surface area contributed by atoms with Crippen molar-refractivity contribution in [2.45, 2.75) is 50.1 Å². The number of hydrogen-bond acceptors (Lipinski definition) is 5. The van der Waals surface area contributed by atoms with Gasteiger partial charge in [0.2, 0.25) is 5.91 Å². The molecule has 33 heavy (non-hydrogen) atoms. The molecule has 3 aliphatic rings. The second-order valence-electron chi connectivity index (χ2n) is 9.15. The van der Waals surface area contributed by atoms with Gasteiger partial charge in [0.15, 0.2) is 0 Å². The van der Waals surface area contributed by atoms with Crippen LogP contribution in [-0.2, 0) is 4.79 Å². The van der Waals surface area contributed by atoms with Gasteiger partial charge in [-0.3, -0.25) is 14.6 Å². The summed E-state index contributed by atoms with van der Waals surface area (Å²) in [6.07, 6.45) is 10.7. The van der Waals surface area contributed by atoms with Crippen molar-refractivity contribution in [1.29, 1.82) is 0 Å². The number of hydrogen-bond donors (Lipinski definition) is 1. The summed E-state index contributed by atoms with van der Waals surface area (Å²) in [6.45, 7) is 0.296. The summed E-state index contributed by atoms with van der Waals surface area (Å²) < 4.78 is 0. The number of aromatic nitrogens is 2. The van der Waals surface area contributed by atoms with Crippen LogP contribution in [0.3, 0.4) is 0 Å². The SMILES string of the molecule is O=C(c1cnccn1)N1CC(=O)N2[C@H](C1)[C@H](c1ccc(C#CC3CCCCC3)cc1)[C@@H]2CO. The number of nitrogens with zero attached hydrogens (tertiary/aromatic N) is 4. The number of carbonyl (C=O) groups excluding carboxylic acids is 2. The van der Waals surface area contributed by atoms with Gasteiger partial charge in [-0.25, -0.2) is 4.98 Å². The lowest BCUT2D eigenvalue weighted by Gasteiger charge is -2.58. The lowest BCUT2D eigenvalue weighted by molar-refractivity contribution is -0.159. The molecular weight excluding hydrogens is 416 g/mol. The fraction of sp³-hybridized carbons (Fsp3) is 0.462. The summed E-state index contributed by atoms with van der Waals surface area (Å²) >= 11 is 0. The maximum absolute atomic E-state index is 12.9. The first-order valence-electron chi connectivity index (χ1n) is 11.7. The summed E-state index contributed by atoms with van der Waals surface area (Å²) in [4.78, 5) is 37.0. The van der Waals surface area contributed by atoms with Crippen LogP contribution in [0.2, 0.25) is 0 Å². The van der Waals surface area contributed by atoms with E-state index < -0.39 is 0 Å². The van der Waals surface area contributed by atoms with E-state index in [1.807, 2.05) is 24.3 Å². The molecule has 7 heteroatoms. The summed E-state index contributed by atoms with van der Waals surface area (Å²) in [5.74, 6) is 6.77. The van der Waals surface area contributed by atoms with Crippen molar-refractivity contribution in [2.24, 2.45) is 5.92 Å². The minimum absolute atomic E-state index is 0.00911. The molecular formula is C26H28N4O3. The first-order valence-corrected chi connectivity index (χ1v) is 11.7. The number of carbonyl (C=O) groups is 2. The Bertz CT molecular complexity index is 1070. The Morgan fingerprint density at radius 3 is 2.61 bits per heavy atom. The topological polar surface area (TPSA) is 86.6 Å². The van der Waals surface area contributed by atoms with E-state index in [0.717, 1.165) is 11.1 Å². The fourth-order valence-corrected chi connectivity index (χ4v) is 5.45. The molecule has 3 fully saturated rings. The zero-order valence-corrected chi connectivity index (χ0v) is 18.6. The summed E-state index contributed by atoms with van der Waals surface area (Å²) in [5.41, 5.74) is 2.27. The molecule has 0 spiro atoms. The first kappa shape index (κ1) is 21.6. The van der Waals surface area contributed by atoms with Crippen molar-refractivity contribution in [3.63, 3.8) is 0 Å². The van der Waals surface area contributed by atoms with Crippen LogP contribution in [0.1, 0.15) is 59.6 Å². The molecule has 1 aromatic carbocycles. The van der Waals surface area contributed by atoms with Gasteiger partial charge in [-0.15, -0.1) is 0 Å². The summed E-state index contributed by atoms with van der Waals surface area (Å²) in [7, 11) is 0. The van der Waals surface area contributed by atoms with Crippen LogP contribution < -0.4 is 0 Å². The predicted octanol–water partition coefficient (Wildman–Crippen LogP) is 2.22. The third-order valence-corrected chi connectivity index (χ3v) is 7.14. The van der Waals surface area contributed by atoms with Gasteiger partial charge in [-0.05, 0) is 30.5 Å². The van der Waals surface area contributed by atoms with Gasteiger partial charge in [-0.1, -0.05) is 43.2 Å². The van der Waals surface area contributed by atoms with E-state index in [9.17, 15) is 14.7 Å². The maximum Gasteiger partial charge on any atom is 0.274 e. The Hall–Kier alpha value is -3.24. The highest BCUT2D eigenvalue weighted by Crippen LogP contribution is 2.43. The normalized spacial score (nSPS) is 25.0. The lowest BCUT2D eigenvalue weighted by atomic mass is 9.73. The number of benzene rings is 1. The van der Waals surface area contributed by atoms with Crippen molar-refractivity contribution >= 4 is 11.8 Å². The van der Waals surface area contributed by atoms with Gasteiger partial charge < -0.3 is 14.9 Å². The number of aliphatic hydroxyl groups is 1. The Kier molecular flexibility index (Phi) is 6.10. The summed E-state index contributed by atoms with van der Waals surface area (Å²) in [6, 6.07) is 7.70. The van der Waals surface area contributed by atoms with Crippen molar-refractivity contribution in [3.8, 4) is 11.8 Å². The van der Waals surface area contributed by atoms with E-state index in [-0.39, 0.29) is 48.7 Å². The molecule has 0 radical (unpaired) electrons. The number of piperazine rings is 1. The van der Waals surface area contributed by atoms with E-state index in [4.69, 9.17) is 0 Å². The molecule has 2 aliphatic heterocycles. The second-order valence-corrected chi connectivity index (χ2v) is 9.15.